The van der Waals surface area contributed by atoms with E-state index in [1.54, 1.807) is 0 Å². The second-order valence-corrected chi connectivity index (χ2v) is 29.3. The lowest BCUT2D eigenvalue weighted by Crippen LogP contribution is -2.30. The highest BCUT2D eigenvalue weighted by atomic mass is 31.2. The van der Waals surface area contributed by atoms with Gasteiger partial charge in [-0.2, -0.15) is 0 Å². The fourth-order valence-corrected chi connectivity index (χ4v) is 12.3. The molecule has 0 rings (SSSR count). The van der Waals surface area contributed by atoms with Gasteiger partial charge in [-0.05, 0) is 37.5 Å². The van der Waals surface area contributed by atoms with Crippen LogP contribution in [0, 0.1) is 11.8 Å². The molecule has 3 unspecified atom stereocenters. The molecule has 0 saturated carbocycles. The molecule has 0 aromatic heterocycles. The first kappa shape index (κ1) is 88.1. The molecular formula is C71H138O17P2. The summed E-state index contributed by atoms with van der Waals surface area (Å²) < 4.78 is 68.1. The first-order chi connectivity index (χ1) is 43.4. The molecule has 0 aliphatic carbocycles. The fourth-order valence-electron chi connectivity index (χ4n) is 10.7. The van der Waals surface area contributed by atoms with Crippen LogP contribution in [0.3, 0.4) is 0 Å². The zero-order chi connectivity index (χ0) is 66.5. The molecule has 0 fully saturated rings. The maximum absolute atomic E-state index is 13.0. The van der Waals surface area contributed by atoms with Crippen molar-refractivity contribution in [1.82, 2.24) is 0 Å². The molecule has 90 heavy (non-hydrogen) atoms. The molecule has 0 spiro atoms. The van der Waals surface area contributed by atoms with Crippen LogP contribution in [0.2, 0.25) is 0 Å². The highest BCUT2D eigenvalue weighted by molar-refractivity contribution is 7.47. The van der Waals surface area contributed by atoms with Gasteiger partial charge in [0, 0.05) is 25.7 Å². The van der Waals surface area contributed by atoms with Crippen molar-refractivity contribution < 1.29 is 80.2 Å². The molecule has 0 radical (unpaired) electrons. The van der Waals surface area contributed by atoms with E-state index in [1.807, 2.05) is 0 Å². The van der Waals surface area contributed by atoms with Gasteiger partial charge < -0.3 is 33.8 Å². The standard InChI is InChI=1S/C71H138O17P2/c1-7-10-12-14-15-16-17-18-19-20-21-24-28-31-37-43-49-55-70(75)88-67(60-82-69(74)54-48-42-36-30-27-25-22-23-26-29-34-40-45-51-63(4)5)62-86-90(79,80)84-58-65(72)57-83-89(77,78)85-61-66(59-81-68(73)53-47-39-13-11-8-2)87-71(76)56-50-44-38-33-32-35-41-46-52-64(6)9-3/h63-67,72H,7-62H2,1-6H3,(H,77,78)(H,79,80)/t64?,65-,66+,67+/m0/s1. The van der Waals surface area contributed by atoms with Crippen molar-refractivity contribution in [3.63, 3.8) is 0 Å². The van der Waals surface area contributed by atoms with E-state index < -0.39 is 97.5 Å². The van der Waals surface area contributed by atoms with E-state index in [-0.39, 0.29) is 25.7 Å². The third-order valence-corrected chi connectivity index (χ3v) is 18.7. The van der Waals surface area contributed by atoms with Gasteiger partial charge in [0.2, 0.25) is 0 Å². The van der Waals surface area contributed by atoms with Crippen LogP contribution >= 0.6 is 15.6 Å². The van der Waals surface area contributed by atoms with Gasteiger partial charge in [-0.25, -0.2) is 9.13 Å². The van der Waals surface area contributed by atoms with Crippen molar-refractivity contribution >= 4 is 39.5 Å². The van der Waals surface area contributed by atoms with E-state index in [0.717, 1.165) is 108 Å². The van der Waals surface area contributed by atoms with E-state index >= 15 is 0 Å². The van der Waals surface area contributed by atoms with E-state index in [0.29, 0.717) is 25.7 Å². The predicted molar refractivity (Wildman–Crippen MR) is 363 cm³/mol. The van der Waals surface area contributed by atoms with Crippen LogP contribution in [0.4, 0.5) is 0 Å². The highest BCUT2D eigenvalue weighted by Crippen LogP contribution is 2.45. The summed E-state index contributed by atoms with van der Waals surface area (Å²) in [5, 5.41) is 10.6. The van der Waals surface area contributed by atoms with Gasteiger partial charge in [0.05, 0.1) is 26.4 Å². The molecule has 0 saturated heterocycles. The average molecular weight is 1330 g/mol. The van der Waals surface area contributed by atoms with Gasteiger partial charge in [0.15, 0.2) is 12.2 Å². The molecular weight excluding hydrogens is 1190 g/mol. The minimum atomic E-state index is -4.95. The molecule has 19 heteroatoms. The number of rotatable bonds is 70. The SMILES string of the molecule is CCCCCCCCCCCCCCCCCCCC(=O)O[C@H](COC(=O)CCCCCCCCCCCCCCCC(C)C)COP(=O)(O)OC[C@@H](O)COP(=O)(O)OC[C@@H](COC(=O)CCCCCCC)OC(=O)CCCCCCCCCCC(C)CC. The lowest BCUT2D eigenvalue weighted by atomic mass is 9.99. The summed E-state index contributed by atoms with van der Waals surface area (Å²) in [4.78, 5) is 72.3. The average Bonchev–Trinajstić information content (AvgIpc) is 3.73. The van der Waals surface area contributed by atoms with Gasteiger partial charge in [0.25, 0.3) is 0 Å². The molecule has 0 amide bonds. The van der Waals surface area contributed by atoms with Crippen molar-refractivity contribution in [3.05, 3.63) is 0 Å². The number of aliphatic hydroxyl groups is 1. The first-order valence-corrected chi connectivity index (χ1v) is 40.0. The van der Waals surface area contributed by atoms with Crippen LogP contribution in [0.5, 0.6) is 0 Å². The topological polar surface area (TPSA) is 237 Å². The van der Waals surface area contributed by atoms with Gasteiger partial charge >= 0.3 is 39.5 Å². The van der Waals surface area contributed by atoms with Crippen LogP contribution in [0.15, 0.2) is 0 Å². The van der Waals surface area contributed by atoms with Crippen molar-refractivity contribution in [1.29, 1.82) is 0 Å². The molecule has 6 atom stereocenters. The summed E-state index contributed by atoms with van der Waals surface area (Å²) in [6, 6.07) is 0. The van der Waals surface area contributed by atoms with Crippen molar-refractivity contribution in [3.8, 4) is 0 Å². The first-order valence-electron chi connectivity index (χ1n) is 37.0. The second-order valence-electron chi connectivity index (χ2n) is 26.3. The Labute approximate surface area is 549 Å². The normalized spacial score (nSPS) is 14.4. The molecule has 3 N–H and O–H groups in total. The molecule has 0 bridgehead atoms. The molecule has 0 aromatic rings. The van der Waals surface area contributed by atoms with E-state index in [4.69, 9.17) is 37.0 Å². The van der Waals surface area contributed by atoms with Crippen LogP contribution in [0.1, 0.15) is 363 Å². The summed E-state index contributed by atoms with van der Waals surface area (Å²) >= 11 is 0. The van der Waals surface area contributed by atoms with Crippen molar-refractivity contribution in [2.24, 2.45) is 11.8 Å². The summed E-state index contributed by atoms with van der Waals surface area (Å²) in [7, 11) is -9.89. The third-order valence-electron chi connectivity index (χ3n) is 16.8. The molecule has 0 aliphatic rings. The summed E-state index contributed by atoms with van der Waals surface area (Å²) in [5.41, 5.74) is 0. The number of phosphoric ester groups is 2. The number of ether oxygens (including phenoxy) is 4. The smallest absolute Gasteiger partial charge is 0.462 e. The van der Waals surface area contributed by atoms with E-state index in [2.05, 4.69) is 41.5 Å². The molecule has 534 valence electrons. The van der Waals surface area contributed by atoms with Gasteiger partial charge in [-0.3, -0.25) is 37.3 Å². The number of hydrogen-bond donors (Lipinski definition) is 3. The summed E-state index contributed by atoms with van der Waals surface area (Å²) in [6.45, 7) is 9.48. The van der Waals surface area contributed by atoms with Crippen LogP contribution in [0.25, 0.3) is 0 Å². The Balaban J connectivity index is 5.16. The number of aliphatic hydroxyl groups excluding tert-OH is 1. The van der Waals surface area contributed by atoms with Crippen molar-refractivity contribution in [2.75, 3.05) is 39.6 Å². The molecule has 0 heterocycles. The number of phosphoric acid groups is 2. The molecule has 17 nitrogen and oxygen atoms in total. The van der Waals surface area contributed by atoms with Gasteiger partial charge in [-0.15, -0.1) is 0 Å². The lowest BCUT2D eigenvalue weighted by molar-refractivity contribution is -0.161. The summed E-state index contributed by atoms with van der Waals surface area (Å²) in [6.07, 6.45) is 48.9. The highest BCUT2D eigenvalue weighted by Gasteiger charge is 2.30. The minimum Gasteiger partial charge on any atom is -0.462 e. The Kier molecular flexibility index (Phi) is 61.8. The Bertz CT molecular complexity index is 1750. The zero-order valence-electron chi connectivity index (χ0n) is 58.4. The largest absolute Gasteiger partial charge is 0.472 e. The van der Waals surface area contributed by atoms with Crippen molar-refractivity contribution in [2.45, 2.75) is 381 Å². The number of unbranched alkanes of at least 4 members (excludes halogenated alkanes) is 39. The second kappa shape index (κ2) is 63.1. The predicted octanol–water partition coefficient (Wildman–Crippen LogP) is 20.4. The fraction of sp³-hybridized carbons (Fsp3) is 0.944. The number of carbonyl (C=O) groups is 4. The number of hydrogen-bond acceptors (Lipinski definition) is 15. The Morgan fingerprint density at radius 1 is 0.322 bits per heavy atom. The minimum absolute atomic E-state index is 0.104. The number of carbonyl (C=O) groups excluding carboxylic acids is 4. The molecule has 0 aromatic carbocycles. The zero-order valence-corrected chi connectivity index (χ0v) is 60.2. The van der Waals surface area contributed by atoms with Gasteiger partial charge in [0.1, 0.15) is 19.3 Å². The quantitative estimate of drug-likeness (QED) is 0.0222. The lowest BCUT2D eigenvalue weighted by Gasteiger charge is -2.21. The Morgan fingerprint density at radius 2 is 0.567 bits per heavy atom. The maximum atomic E-state index is 13.0. The number of esters is 4. The van der Waals surface area contributed by atoms with E-state index in [9.17, 15) is 43.2 Å². The molecule has 0 aliphatic heterocycles. The van der Waals surface area contributed by atoms with Gasteiger partial charge in [-0.1, -0.05) is 311 Å². The monoisotopic (exact) mass is 1320 g/mol. The van der Waals surface area contributed by atoms with Crippen LogP contribution in [-0.4, -0.2) is 96.7 Å². The summed E-state index contributed by atoms with van der Waals surface area (Å²) in [5.74, 6) is -0.573. The third kappa shape index (κ3) is 63.5. The van der Waals surface area contributed by atoms with Crippen LogP contribution in [-0.2, 0) is 65.4 Å². The maximum Gasteiger partial charge on any atom is 0.472 e. The Hall–Kier alpha value is -1.94. The van der Waals surface area contributed by atoms with Crippen LogP contribution < -0.4 is 0 Å². The Morgan fingerprint density at radius 3 is 0.844 bits per heavy atom. The van der Waals surface area contributed by atoms with E-state index in [1.165, 1.54) is 173 Å².